The maximum absolute atomic E-state index is 5.85. The van der Waals surface area contributed by atoms with Gasteiger partial charge in [0.15, 0.2) is 0 Å². The van der Waals surface area contributed by atoms with E-state index in [9.17, 15) is 0 Å². The van der Waals surface area contributed by atoms with Gasteiger partial charge in [-0.1, -0.05) is 13.0 Å². The molecule has 0 saturated heterocycles. The summed E-state index contributed by atoms with van der Waals surface area (Å²) < 4.78 is 7.02. The van der Waals surface area contributed by atoms with E-state index in [0.717, 1.165) is 22.3 Å². The van der Waals surface area contributed by atoms with Gasteiger partial charge in [0.1, 0.15) is 5.75 Å². The molecular weight excluding hydrogens is 334 g/mol. The molecule has 2 nitrogen and oxygen atoms in total. The lowest BCUT2D eigenvalue weighted by molar-refractivity contribution is 0.217. The maximum atomic E-state index is 5.85. The molecule has 0 aliphatic rings. The first-order valence-electron chi connectivity index (χ1n) is 6.86. The molecule has 2 atom stereocenters. The van der Waals surface area contributed by atoms with E-state index in [1.54, 1.807) is 11.3 Å². The van der Waals surface area contributed by atoms with Crippen LogP contribution in [0.15, 0.2) is 40.2 Å². The molecule has 2 aromatic rings. The minimum absolute atomic E-state index is 0.245. The predicted molar refractivity (Wildman–Crippen MR) is 90.9 cm³/mol. The Morgan fingerprint density at radius 3 is 2.75 bits per heavy atom. The minimum Gasteiger partial charge on any atom is -0.491 e. The quantitative estimate of drug-likeness (QED) is 0.701. The van der Waals surface area contributed by atoms with Gasteiger partial charge in [0, 0.05) is 21.1 Å². The highest BCUT2D eigenvalue weighted by atomic mass is 79.9. The predicted octanol–water partition coefficient (Wildman–Crippen LogP) is 5.86. The standard InChI is InChI=1S/C16H20BrNOS/c1-4-11(2)19-14-7-5-6-13(10-14)18-12(3)16-15(17)8-9-20-16/h5-12,18H,4H2,1-3H3. The molecular formula is C16H20BrNOS. The molecule has 0 radical (unpaired) electrons. The zero-order valence-electron chi connectivity index (χ0n) is 12.0. The summed E-state index contributed by atoms with van der Waals surface area (Å²) >= 11 is 5.34. The lowest BCUT2D eigenvalue weighted by atomic mass is 10.2. The largest absolute Gasteiger partial charge is 0.491 e. The number of anilines is 1. The highest BCUT2D eigenvalue weighted by Crippen LogP contribution is 2.31. The van der Waals surface area contributed by atoms with Crippen LogP contribution >= 0.6 is 27.3 Å². The van der Waals surface area contributed by atoms with Crippen LogP contribution in [0.3, 0.4) is 0 Å². The summed E-state index contributed by atoms with van der Waals surface area (Å²) in [4.78, 5) is 1.30. The summed E-state index contributed by atoms with van der Waals surface area (Å²) in [5, 5.41) is 5.61. The van der Waals surface area contributed by atoms with Crippen LogP contribution in [0.1, 0.15) is 38.1 Å². The number of thiophene rings is 1. The summed E-state index contributed by atoms with van der Waals surface area (Å²) in [5.74, 6) is 0.918. The Morgan fingerprint density at radius 1 is 1.30 bits per heavy atom. The molecule has 0 saturated carbocycles. The van der Waals surface area contributed by atoms with Crippen molar-refractivity contribution >= 4 is 33.0 Å². The Bertz CT molecular complexity index is 555. The van der Waals surface area contributed by atoms with E-state index >= 15 is 0 Å². The van der Waals surface area contributed by atoms with Crippen LogP contribution in [0, 0.1) is 0 Å². The topological polar surface area (TPSA) is 21.3 Å². The number of benzene rings is 1. The van der Waals surface area contributed by atoms with Crippen molar-refractivity contribution in [2.24, 2.45) is 0 Å². The smallest absolute Gasteiger partial charge is 0.121 e. The number of ether oxygens (including phenoxy) is 1. The van der Waals surface area contributed by atoms with Crippen LogP contribution in [0.4, 0.5) is 5.69 Å². The van der Waals surface area contributed by atoms with E-state index in [-0.39, 0.29) is 12.1 Å². The van der Waals surface area contributed by atoms with Crippen LogP contribution in [0.5, 0.6) is 5.75 Å². The molecule has 1 heterocycles. The van der Waals surface area contributed by atoms with E-state index in [4.69, 9.17) is 4.74 Å². The van der Waals surface area contributed by atoms with Crippen LogP contribution in [0.25, 0.3) is 0 Å². The highest BCUT2D eigenvalue weighted by Gasteiger charge is 2.11. The molecule has 0 bridgehead atoms. The van der Waals surface area contributed by atoms with E-state index in [1.807, 2.05) is 12.1 Å². The van der Waals surface area contributed by atoms with Gasteiger partial charge in [0.2, 0.25) is 0 Å². The Balaban J connectivity index is 2.06. The second-order valence-electron chi connectivity index (χ2n) is 4.86. The summed E-state index contributed by atoms with van der Waals surface area (Å²) in [7, 11) is 0. The van der Waals surface area contributed by atoms with Crippen LogP contribution < -0.4 is 10.1 Å². The number of hydrogen-bond donors (Lipinski definition) is 1. The molecule has 1 aromatic heterocycles. The van der Waals surface area contributed by atoms with Gasteiger partial charge in [0.05, 0.1) is 12.1 Å². The van der Waals surface area contributed by atoms with E-state index in [1.165, 1.54) is 4.88 Å². The summed E-state index contributed by atoms with van der Waals surface area (Å²) in [6.45, 7) is 6.38. The van der Waals surface area contributed by atoms with Gasteiger partial charge in [-0.2, -0.15) is 0 Å². The van der Waals surface area contributed by atoms with Crippen molar-refractivity contribution in [1.82, 2.24) is 0 Å². The van der Waals surface area contributed by atoms with Gasteiger partial charge in [0.25, 0.3) is 0 Å². The molecule has 1 N–H and O–H groups in total. The molecule has 1 aromatic carbocycles. The average Bonchev–Trinajstić information content (AvgIpc) is 2.85. The van der Waals surface area contributed by atoms with Crippen molar-refractivity contribution in [1.29, 1.82) is 0 Å². The highest BCUT2D eigenvalue weighted by molar-refractivity contribution is 9.10. The maximum Gasteiger partial charge on any atom is 0.121 e. The van der Waals surface area contributed by atoms with Gasteiger partial charge in [-0.25, -0.2) is 0 Å². The first kappa shape index (κ1) is 15.4. The van der Waals surface area contributed by atoms with E-state index < -0.39 is 0 Å². The summed E-state index contributed by atoms with van der Waals surface area (Å²) in [6, 6.07) is 10.5. The average molecular weight is 354 g/mol. The van der Waals surface area contributed by atoms with Gasteiger partial charge >= 0.3 is 0 Å². The number of halogens is 1. The van der Waals surface area contributed by atoms with Gasteiger partial charge in [-0.3, -0.25) is 0 Å². The first-order valence-corrected chi connectivity index (χ1v) is 8.53. The second kappa shape index (κ2) is 7.14. The molecule has 0 spiro atoms. The Morgan fingerprint density at radius 2 is 2.10 bits per heavy atom. The Hall–Kier alpha value is -1.00. The van der Waals surface area contributed by atoms with Gasteiger partial charge in [-0.15, -0.1) is 11.3 Å². The Labute approximate surface area is 133 Å². The first-order chi connectivity index (χ1) is 9.60. The summed E-state index contributed by atoms with van der Waals surface area (Å²) in [5.41, 5.74) is 1.08. The fourth-order valence-corrected chi connectivity index (χ4v) is 3.63. The Kier molecular flexibility index (Phi) is 5.49. The summed E-state index contributed by atoms with van der Waals surface area (Å²) in [6.07, 6.45) is 1.25. The van der Waals surface area contributed by atoms with Gasteiger partial charge < -0.3 is 10.1 Å². The molecule has 2 unspecified atom stereocenters. The third-order valence-electron chi connectivity index (χ3n) is 3.17. The van der Waals surface area contributed by atoms with Crippen molar-refractivity contribution in [3.05, 3.63) is 45.1 Å². The molecule has 0 fully saturated rings. The zero-order valence-corrected chi connectivity index (χ0v) is 14.4. The molecule has 108 valence electrons. The number of nitrogens with one attached hydrogen (secondary N) is 1. The van der Waals surface area contributed by atoms with Crippen LogP contribution in [-0.4, -0.2) is 6.10 Å². The monoisotopic (exact) mass is 353 g/mol. The SMILES string of the molecule is CCC(C)Oc1cccc(NC(C)c2sccc2Br)c1. The second-order valence-corrected chi connectivity index (χ2v) is 6.67. The van der Waals surface area contributed by atoms with Crippen molar-refractivity contribution in [2.75, 3.05) is 5.32 Å². The number of hydrogen-bond acceptors (Lipinski definition) is 3. The van der Waals surface area contributed by atoms with Crippen molar-refractivity contribution in [3.63, 3.8) is 0 Å². The van der Waals surface area contributed by atoms with E-state index in [0.29, 0.717) is 0 Å². The van der Waals surface area contributed by atoms with Crippen LogP contribution in [-0.2, 0) is 0 Å². The normalized spacial score (nSPS) is 13.8. The van der Waals surface area contributed by atoms with E-state index in [2.05, 4.69) is 65.6 Å². The minimum atomic E-state index is 0.245. The van der Waals surface area contributed by atoms with Crippen molar-refractivity contribution < 1.29 is 4.74 Å². The molecule has 0 aliphatic heterocycles. The molecule has 4 heteroatoms. The molecule has 0 amide bonds. The third-order valence-corrected chi connectivity index (χ3v) is 5.22. The lowest BCUT2D eigenvalue weighted by Gasteiger charge is -2.17. The number of rotatable bonds is 6. The van der Waals surface area contributed by atoms with Crippen LogP contribution in [0.2, 0.25) is 0 Å². The fourth-order valence-electron chi connectivity index (χ4n) is 1.90. The van der Waals surface area contributed by atoms with Gasteiger partial charge in [-0.05, 0) is 59.8 Å². The van der Waals surface area contributed by atoms with Crippen molar-refractivity contribution in [2.45, 2.75) is 39.3 Å². The van der Waals surface area contributed by atoms with Crippen molar-refractivity contribution in [3.8, 4) is 5.75 Å². The third kappa shape index (κ3) is 4.00. The molecule has 20 heavy (non-hydrogen) atoms. The zero-order chi connectivity index (χ0) is 14.5. The molecule has 0 aliphatic carbocycles. The molecule has 2 rings (SSSR count). The lowest BCUT2D eigenvalue weighted by Crippen LogP contribution is -2.10. The fraction of sp³-hybridized carbons (Fsp3) is 0.375.